The van der Waals surface area contributed by atoms with E-state index in [1.54, 1.807) is 13.3 Å². The van der Waals surface area contributed by atoms with Gasteiger partial charge >= 0.3 is 0 Å². The summed E-state index contributed by atoms with van der Waals surface area (Å²) >= 11 is 0. The van der Waals surface area contributed by atoms with Crippen molar-refractivity contribution in [2.45, 2.75) is 39.2 Å². The van der Waals surface area contributed by atoms with Crippen LogP contribution in [0, 0.1) is 0 Å². The zero-order chi connectivity index (χ0) is 20.2. The van der Waals surface area contributed by atoms with E-state index < -0.39 is 0 Å². The van der Waals surface area contributed by atoms with Crippen molar-refractivity contribution in [3.05, 3.63) is 36.3 Å². The molecule has 1 aliphatic rings. The molecule has 0 aliphatic carbocycles. The summed E-state index contributed by atoms with van der Waals surface area (Å²) in [6, 6.07) is 7.86. The first-order chi connectivity index (χ1) is 14.2. The molecule has 1 aromatic carbocycles. The topological polar surface area (TPSA) is 73.1 Å². The van der Waals surface area contributed by atoms with Crippen molar-refractivity contribution in [1.82, 2.24) is 24.4 Å². The van der Waals surface area contributed by atoms with Crippen LogP contribution in [0.3, 0.4) is 0 Å². The highest BCUT2D eigenvalue weighted by Gasteiger charge is 2.17. The molecule has 7 nitrogen and oxygen atoms in total. The number of aryl methyl sites for hydroxylation is 1. The van der Waals surface area contributed by atoms with Crippen LogP contribution in [0.25, 0.3) is 22.6 Å². The number of likely N-dealkylation sites (tertiary alicyclic amines) is 1. The first-order valence-electron chi connectivity index (χ1n) is 10.3. The van der Waals surface area contributed by atoms with Gasteiger partial charge in [0.2, 0.25) is 0 Å². The van der Waals surface area contributed by atoms with Crippen LogP contribution in [-0.2, 0) is 6.54 Å². The van der Waals surface area contributed by atoms with Crippen LogP contribution in [0.1, 0.15) is 43.2 Å². The highest BCUT2D eigenvalue weighted by Crippen LogP contribution is 2.26. The summed E-state index contributed by atoms with van der Waals surface area (Å²) in [5.41, 5.74) is 2.42. The summed E-state index contributed by atoms with van der Waals surface area (Å²) in [5.74, 6) is 1.74. The van der Waals surface area contributed by atoms with Gasteiger partial charge in [0, 0.05) is 19.0 Å². The summed E-state index contributed by atoms with van der Waals surface area (Å²) in [7, 11) is 1.66. The second-order valence-electron chi connectivity index (χ2n) is 7.53. The molecule has 0 saturated carbocycles. The average Bonchev–Trinajstić information content (AvgIpc) is 3.12. The zero-order valence-electron chi connectivity index (χ0n) is 17.1. The van der Waals surface area contributed by atoms with Crippen molar-refractivity contribution in [2.75, 3.05) is 26.7 Å². The minimum absolute atomic E-state index is 0.140. The standard InChI is InChI=1S/C22H27N5O2/c1-16(28)20-23-15-19-22(25-20)27(14-6-13-26-11-4-3-5-12-26)21(24-19)17-7-9-18(29-2)10-8-17/h7-10,15H,3-6,11-14H2,1-2H3. The Labute approximate surface area is 170 Å². The maximum Gasteiger partial charge on any atom is 0.197 e. The van der Waals surface area contributed by atoms with Crippen molar-refractivity contribution in [3.8, 4) is 17.1 Å². The van der Waals surface area contributed by atoms with Gasteiger partial charge < -0.3 is 14.2 Å². The SMILES string of the molecule is COc1ccc(-c2nc3cnc(C(C)=O)nc3n2CCCN2CCCCC2)cc1. The van der Waals surface area contributed by atoms with E-state index >= 15 is 0 Å². The monoisotopic (exact) mass is 393 g/mol. The highest BCUT2D eigenvalue weighted by molar-refractivity contribution is 5.92. The molecule has 0 unspecified atom stereocenters. The summed E-state index contributed by atoms with van der Waals surface area (Å²) in [6.45, 7) is 5.72. The number of ketones is 1. The van der Waals surface area contributed by atoms with Crippen LogP contribution in [0.4, 0.5) is 0 Å². The second-order valence-corrected chi connectivity index (χ2v) is 7.53. The number of carbonyl (C=O) groups is 1. The largest absolute Gasteiger partial charge is 0.497 e. The molecule has 0 atom stereocenters. The molecular formula is C22H27N5O2. The molecule has 1 fully saturated rings. The van der Waals surface area contributed by atoms with Gasteiger partial charge in [-0.3, -0.25) is 4.79 Å². The van der Waals surface area contributed by atoms with Crippen LogP contribution in [0.2, 0.25) is 0 Å². The molecule has 0 N–H and O–H groups in total. The molecule has 3 aromatic rings. The molecular weight excluding hydrogens is 366 g/mol. The second kappa shape index (κ2) is 8.69. The molecule has 29 heavy (non-hydrogen) atoms. The van der Waals surface area contributed by atoms with Crippen molar-refractivity contribution < 1.29 is 9.53 Å². The van der Waals surface area contributed by atoms with Gasteiger partial charge in [-0.1, -0.05) is 6.42 Å². The van der Waals surface area contributed by atoms with E-state index in [2.05, 4.69) is 19.4 Å². The molecule has 1 aliphatic heterocycles. The maximum absolute atomic E-state index is 11.8. The third-order valence-electron chi connectivity index (χ3n) is 5.46. The Balaban J connectivity index is 1.66. The Bertz CT molecular complexity index is 990. The number of imidazole rings is 1. The molecule has 2 aromatic heterocycles. The zero-order valence-corrected chi connectivity index (χ0v) is 17.1. The highest BCUT2D eigenvalue weighted by atomic mass is 16.5. The van der Waals surface area contributed by atoms with Gasteiger partial charge in [-0.2, -0.15) is 0 Å². The lowest BCUT2D eigenvalue weighted by molar-refractivity contribution is 0.100. The van der Waals surface area contributed by atoms with Crippen LogP contribution in [-0.4, -0.2) is 56.9 Å². The lowest BCUT2D eigenvalue weighted by Crippen LogP contribution is -2.31. The Morgan fingerprint density at radius 1 is 1.07 bits per heavy atom. The van der Waals surface area contributed by atoms with E-state index in [0.717, 1.165) is 42.3 Å². The number of benzene rings is 1. The number of fused-ring (bicyclic) bond motifs is 1. The van der Waals surface area contributed by atoms with Gasteiger partial charge in [-0.05, 0) is 63.2 Å². The molecule has 4 rings (SSSR count). The molecule has 0 bridgehead atoms. The fraction of sp³-hybridized carbons (Fsp3) is 0.455. The third kappa shape index (κ3) is 4.29. The Hall–Kier alpha value is -2.80. The quantitative estimate of drug-likeness (QED) is 0.571. The normalized spacial score (nSPS) is 15.0. The van der Waals surface area contributed by atoms with Gasteiger partial charge in [0.05, 0.1) is 13.3 Å². The minimum Gasteiger partial charge on any atom is -0.497 e. The molecule has 7 heteroatoms. The number of nitrogens with zero attached hydrogens (tertiary/aromatic N) is 5. The average molecular weight is 393 g/mol. The number of piperidine rings is 1. The Morgan fingerprint density at radius 2 is 1.83 bits per heavy atom. The van der Waals surface area contributed by atoms with Crippen LogP contribution in [0.15, 0.2) is 30.5 Å². The van der Waals surface area contributed by atoms with E-state index in [0.29, 0.717) is 5.52 Å². The van der Waals surface area contributed by atoms with Gasteiger partial charge in [0.1, 0.15) is 17.1 Å². The molecule has 1 saturated heterocycles. The number of Topliss-reactive ketones (excluding diaryl/α,β-unsaturated/α-hetero) is 1. The van der Waals surface area contributed by atoms with E-state index in [-0.39, 0.29) is 11.6 Å². The molecule has 0 spiro atoms. The van der Waals surface area contributed by atoms with Crippen molar-refractivity contribution in [3.63, 3.8) is 0 Å². The fourth-order valence-corrected chi connectivity index (χ4v) is 3.90. The number of rotatable bonds is 7. The Kier molecular flexibility index (Phi) is 5.85. The first-order valence-corrected chi connectivity index (χ1v) is 10.3. The van der Waals surface area contributed by atoms with E-state index in [9.17, 15) is 4.79 Å². The fourth-order valence-electron chi connectivity index (χ4n) is 3.90. The predicted molar refractivity (Wildman–Crippen MR) is 112 cm³/mol. The summed E-state index contributed by atoms with van der Waals surface area (Å²) in [6.07, 6.45) is 6.58. The van der Waals surface area contributed by atoms with Crippen LogP contribution < -0.4 is 4.74 Å². The molecule has 0 radical (unpaired) electrons. The first kappa shape index (κ1) is 19.5. The number of hydrogen-bond acceptors (Lipinski definition) is 6. The maximum atomic E-state index is 11.8. The lowest BCUT2D eigenvalue weighted by Gasteiger charge is -2.26. The number of carbonyl (C=O) groups excluding carboxylic acids is 1. The van der Waals surface area contributed by atoms with Crippen LogP contribution >= 0.6 is 0 Å². The predicted octanol–water partition coefficient (Wildman–Crippen LogP) is 3.58. The van der Waals surface area contributed by atoms with E-state index in [1.165, 1.54) is 39.3 Å². The van der Waals surface area contributed by atoms with E-state index in [4.69, 9.17) is 9.72 Å². The molecule has 0 amide bonds. The molecule has 152 valence electrons. The van der Waals surface area contributed by atoms with Gasteiger partial charge in [-0.25, -0.2) is 15.0 Å². The van der Waals surface area contributed by atoms with Crippen LogP contribution in [0.5, 0.6) is 5.75 Å². The number of ether oxygens (including phenoxy) is 1. The smallest absolute Gasteiger partial charge is 0.197 e. The summed E-state index contributed by atoms with van der Waals surface area (Å²) < 4.78 is 7.40. The Morgan fingerprint density at radius 3 is 2.52 bits per heavy atom. The summed E-state index contributed by atoms with van der Waals surface area (Å²) in [5, 5.41) is 0. The molecule has 3 heterocycles. The van der Waals surface area contributed by atoms with Crippen molar-refractivity contribution in [2.24, 2.45) is 0 Å². The van der Waals surface area contributed by atoms with Crippen molar-refractivity contribution in [1.29, 1.82) is 0 Å². The number of aromatic nitrogens is 4. The summed E-state index contributed by atoms with van der Waals surface area (Å²) in [4.78, 5) is 27.8. The minimum atomic E-state index is -0.140. The van der Waals surface area contributed by atoms with Crippen molar-refractivity contribution >= 4 is 16.9 Å². The number of methoxy groups -OCH3 is 1. The third-order valence-corrected chi connectivity index (χ3v) is 5.46. The van der Waals surface area contributed by atoms with E-state index in [1.807, 2.05) is 24.3 Å². The number of hydrogen-bond donors (Lipinski definition) is 0. The van der Waals surface area contributed by atoms with Gasteiger partial charge in [0.25, 0.3) is 0 Å². The lowest BCUT2D eigenvalue weighted by atomic mass is 10.1. The van der Waals surface area contributed by atoms with Gasteiger partial charge in [0.15, 0.2) is 17.3 Å². The van der Waals surface area contributed by atoms with Gasteiger partial charge in [-0.15, -0.1) is 0 Å².